The van der Waals surface area contributed by atoms with Crippen molar-refractivity contribution in [3.8, 4) is 5.75 Å². The zero-order valence-corrected chi connectivity index (χ0v) is 9.14. The third-order valence-corrected chi connectivity index (χ3v) is 2.98. The Hall–Kier alpha value is -1.88. The molecule has 0 unspecified atom stereocenters. The SMILES string of the molecule is O=C1CCC(=O)N1Cc1ccc2c(c1)COO2. The number of benzene rings is 1. The lowest BCUT2D eigenvalue weighted by Crippen LogP contribution is -2.28. The summed E-state index contributed by atoms with van der Waals surface area (Å²) in [6.07, 6.45) is 0.659. The van der Waals surface area contributed by atoms with E-state index in [1.54, 1.807) is 6.07 Å². The fourth-order valence-corrected chi connectivity index (χ4v) is 2.06. The number of rotatable bonds is 2. The van der Waals surface area contributed by atoms with Gasteiger partial charge in [0.1, 0.15) is 6.61 Å². The van der Waals surface area contributed by atoms with E-state index in [1.807, 2.05) is 12.1 Å². The lowest BCUT2D eigenvalue weighted by molar-refractivity contribution is -0.194. The highest BCUT2D eigenvalue weighted by Crippen LogP contribution is 2.27. The first kappa shape index (κ1) is 10.3. The Balaban J connectivity index is 1.81. The molecule has 0 bridgehead atoms. The predicted octanol–water partition coefficient (Wildman–Crippen LogP) is 1.16. The standard InChI is InChI=1S/C12H11NO4/c14-11-3-4-12(15)13(11)6-8-1-2-10-9(5-8)7-16-17-10/h1-2,5H,3-4,6-7H2. The minimum absolute atomic E-state index is 0.0944. The number of hydrogen-bond donors (Lipinski definition) is 0. The van der Waals surface area contributed by atoms with E-state index in [2.05, 4.69) is 0 Å². The van der Waals surface area contributed by atoms with Crippen LogP contribution in [0, 0.1) is 0 Å². The van der Waals surface area contributed by atoms with Crippen molar-refractivity contribution in [1.82, 2.24) is 4.90 Å². The third kappa shape index (κ3) is 1.78. The van der Waals surface area contributed by atoms with E-state index < -0.39 is 0 Å². The van der Waals surface area contributed by atoms with Gasteiger partial charge in [-0.15, -0.1) is 0 Å². The van der Waals surface area contributed by atoms with Crippen molar-refractivity contribution in [2.45, 2.75) is 26.0 Å². The molecule has 2 aliphatic rings. The first-order chi connectivity index (χ1) is 8.24. The molecule has 0 radical (unpaired) electrons. The molecule has 2 heterocycles. The number of hydrogen-bond acceptors (Lipinski definition) is 4. The Kier molecular flexibility index (Phi) is 2.33. The van der Waals surface area contributed by atoms with Crippen LogP contribution >= 0.6 is 0 Å². The van der Waals surface area contributed by atoms with Gasteiger partial charge in [0.15, 0.2) is 5.75 Å². The van der Waals surface area contributed by atoms with Crippen LogP contribution in [0.4, 0.5) is 0 Å². The summed E-state index contributed by atoms with van der Waals surface area (Å²) in [7, 11) is 0. The molecular weight excluding hydrogens is 222 g/mol. The zero-order chi connectivity index (χ0) is 11.8. The summed E-state index contributed by atoms with van der Waals surface area (Å²) in [5, 5.41) is 0. The number of nitrogens with zero attached hydrogens (tertiary/aromatic N) is 1. The lowest BCUT2D eigenvalue weighted by Gasteiger charge is -2.13. The molecule has 0 N–H and O–H groups in total. The monoisotopic (exact) mass is 233 g/mol. The van der Waals surface area contributed by atoms with Crippen LogP contribution in [0.2, 0.25) is 0 Å². The topological polar surface area (TPSA) is 55.8 Å². The van der Waals surface area contributed by atoms with Crippen LogP contribution in [0.5, 0.6) is 5.75 Å². The number of carbonyl (C=O) groups excluding carboxylic acids is 2. The number of amides is 2. The number of carbonyl (C=O) groups is 2. The maximum Gasteiger partial charge on any atom is 0.229 e. The van der Waals surface area contributed by atoms with Crippen LogP contribution in [-0.2, 0) is 27.6 Å². The van der Waals surface area contributed by atoms with Crippen LogP contribution < -0.4 is 4.89 Å². The third-order valence-electron chi connectivity index (χ3n) is 2.98. The van der Waals surface area contributed by atoms with Gasteiger partial charge >= 0.3 is 0 Å². The average Bonchev–Trinajstić information content (AvgIpc) is 2.90. The molecule has 88 valence electrons. The number of fused-ring (bicyclic) bond motifs is 1. The van der Waals surface area contributed by atoms with Gasteiger partial charge in [0.05, 0.1) is 6.54 Å². The molecule has 5 nitrogen and oxygen atoms in total. The van der Waals surface area contributed by atoms with Gasteiger partial charge in [0.25, 0.3) is 0 Å². The summed E-state index contributed by atoms with van der Waals surface area (Å²) in [4.78, 5) is 34.0. The first-order valence-electron chi connectivity index (χ1n) is 5.48. The van der Waals surface area contributed by atoms with E-state index in [1.165, 1.54) is 4.90 Å². The summed E-state index contributed by atoms with van der Waals surface area (Å²) in [5.74, 6) is 0.513. The molecule has 1 fully saturated rings. The molecule has 0 aromatic heterocycles. The molecule has 0 spiro atoms. The largest absolute Gasteiger partial charge is 0.337 e. The predicted molar refractivity (Wildman–Crippen MR) is 56.7 cm³/mol. The maximum atomic E-state index is 11.5. The second-order valence-electron chi connectivity index (χ2n) is 4.16. The van der Waals surface area contributed by atoms with Gasteiger partial charge in [-0.1, -0.05) is 6.07 Å². The molecule has 1 aromatic carbocycles. The normalized spacial score (nSPS) is 18.5. The van der Waals surface area contributed by atoms with Gasteiger partial charge in [-0.3, -0.25) is 14.5 Å². The smallest absolute Gasteiger partial charge is 0.229 e. The van der Waals surface area contributed by atoms with Gasteiger partial charge < -0.3 is 4.89 Å². The van der Waals surface area contributed by atoms with Crippen molar-refractivity contribution in [2.24, 2.45) is 0 Å². The summed E-state index contributed by atoms with van der Waals surface area (Å²) >= 11 is 0. The van der Waals surface area contributed by atoms with Crippen LogP contribution in [0.15, 0.2) is 18.2 Å². The van der Waals surface area contributed by atoms with Gasteiger partial charge in [0.2, 0.25) is 11.8 Å². The average molecular weight is 233 g/mol. The van der Waals surface area contributed by atoms with E-state index in [-0.39, 0.29) is 11.8 Å². The van der Waals surface area contributed by atoms with E-state index in [4.69, 9.17) is 9.78 Å². The van der Waals surface area contributed by atoms with E-state index in [9.17, 15) is 9.59 Å². The van der Waals surface area contributed by atoms with Crippen molar-refractivity contribution < 1.29 is 19.4 Å². The van der Waals surface area contributed by atoms with E-state index in [0.717, 1.165) is 11.1 Å². The molecule has 0 aliphatic carbocycles. The minimum Gasteiger partial charge on any atom is -0.337 e. The molecule has 1 saturated heterocycles. The van der Waals surface area contributed by atoms with Crippen LogP contribution in [0.1, 0.15) is 24.0 Å². The van der Waals surface area contributed by atoms with Gasteiger partial charge in [-0.25, -0.2) is 0 Å². The Morgan fingerprint density at radius 1 is 1.18 bits per heavy atom. The summed E-state index contributed by atoms with van der Waals surface area (Å²) < 4.78 is 0. The molecule has 2 amide bonds. The Morgan fingerprint density at radius 2 is 1.94 bits per heavy atom. The van der Waals surface area contributed by atoms with Gasteiger partial charge in [-0.05, 0) is 17.7 Å². The molecule has 3 rings (SSSR count). The van der Waals surface area contributed by atoms with Crippen molar-refractivity contribution in [1.29, 1.82) is 0 Å². The van der Waals surface area contributed by atoms with Gasteiger partial charge in [-0.2, -0.15) is 4.89 Å². The molecule has 0 saturated carbocycles. The van der Waals surface area contributed by atoms with Crippen molar-refractivity contribution in [3.05, 3.63) is 29.3 Å². The van der Waals surface area contributed by atoms with E-state index >= 15 is 0 Å². The molecule has 2 aliphatic heterocycles. The second kappa shape index (κ2) is 3.85. The van der Waals surface area contributed by atoms with Crippen LogP contribution in [0.25, 0.3) is 0 Å². The highest BCUT2D eigenvalue weighted by Gasteiger charge is 2.29. The highest BCUT2D eigenvalue weighted by molar-refractivity contribution is 6.01. The van der Waals surface area contributed by atoms with Crippen molar-refractivity contribution in [3.63, 3.8) is 0 Å². The van der Waals surface area contributed by atoms with Crippen molar-refractivity contribution >= 4 is 11.8 Å². The van der Waals surface area contributed by atoms with Gasteiger partial charge in [0, 0.05) is 18.4 Å². The fraction of sp³-hybridized carbons (Fsp3) is 0.333. The molecule has 1 aromatic rings. The van der Waals surface area contributed by atoms with Crippen molar-refractivity contribution in [2.75, 3.05) is 0 Å². The zero-order valence-electron chi connectivity index (χ0n) is 9.14. The maximum absolute atomic E-state index is 11.5. The number of likely N-dealkylation sites (tertiary alicyclic amines) is 1. The van der Waals surface area contributed by atoms with Crippen LogP contribution in [-0.4, -0.2) is 16.7 Å². The summed E-state index contributed by atoms with van der Waals surface area (Å²) in [6, 6.07) is 5.54. The molecular formula is C12H11NO4. The summed E-state index contributed by atoms with van der Waals surface area (Å²) in [5.41, 5.74) is 1.86. The minimum atomic E-state index is -0.0944. The second-order valence-corrected chi connectivity index (χ2v) is 4.16. The first-order valence-corrected chi connectivity index (χ1v) is 5.48. The Morgan fingerprint density at radius 3 is 2.71 bits per heavy atom. The Labute approximate surface area is 97.8 Å². The summed E-state index contributed by atoms with van der Waals surface area (Å²) in [6.45, 7) is 0.746. The Bertz CT molecular complexity index is 481. The van der Waals surface area contributed by atoms with Crippen LogP contribution in [0.3, 0.4) is 0 Å². The lowest BCUT2D eigenvalue weighted by atomic mass is 10.1. The fourth-order valence-electron chi connectivity index (χ4n) is 2.06. The molecule has 0 atom stereocenters. The molecule has 5 heteroatoms. The van der Waals surface area contributed by atoms with E-state index in [0.29, 0.717) is 31.7 Å². The number of imide groups is 1. The quantitative estimate of drug-likeness (QED) is 0.568. The molecule has 17 heavy (non-hydrogen) atoms. The highest BCUT2D eigenvalue weighted by atomic mass is 17.2.